The largest absolute Gasteiger partial charge is 0.426 e. The van der Waals surface area contributed by atoms with Crippen LogP contribution in [0.15, 0.2) is 35.1 Å². The Kier molecular flexibility index (Phi) is 3.61. The van der Waals surface area contributed by atoms with Crippen molar-refractivity contribution in [2.75, 3.05) is 0 Å². The molecule has 0 radical (unpaired) electrons. The fourth-order valence-corrected chi connectivity index (χ4v) is 2.91. The second kappa shape index (κ2) is 5.44. The number of hydrogen-bond acceptors (Lipinski definition) is 3. The number of aromatic amines is 1. The first-order valence-electron chi connectivity index (χ1n) is 7.50. The Morgan fingerprint density at radius 2 is 1.86 bits per heavy atom. The molecule has 0 amide bonds. The van der Waals surface area contributed by atoms with Gasteiger partial charge in [0.1, 0.15) is 5.75 Å². The second-order valence-corrected chi connectivity index (χ2v) is 6.11. The first-order valence-corrected chi connectivity index (χ1v) is 7.50. The summed E-state index contributed by atoms with van der Waals surface area (Å²) in [4.78, 5) is 27.0. The SMILES string of the molecule is Cc1cc2c(c(=O)[nH]1)[C@H](c1ccc(C(C)C)cc1)CC(=O)O2. The molecule has 4 heteroatoms. The molecule has 0 fully saturated rings. The van der Waals surface area contributed by atoms with E-state index in [1.54, 1.807) is 13.0 Å². The van der Waals surface area contributed by atoms with E-state index in [2.05, 4.69) is 31.0 Å². The topological polar surface area (TPSA) is 59.2 Å². The Morgan fingerprint density at radius 1 is 1.18 bits per heavy atom. The van der Waals surface area contributed by atoms with Crippen LogP contribution in [0.4, 0.5) is 0 Å². The Morgan fingerprint density at radius 3 is 2.50 bits per heavy atom. The fourth-order valence-electron chi connectivity index (χ4n) is 2.91. The van der Waals surface area contributed by atoms with Crippen LogP contribution in [0, 0.1) is 6.92 Å². The van der Waals surface area contributed by atoms with E-state index >= 15 is 0 Å². The number of rotatable bonds is 2. The minimum absolute atomic E-state index is 0.180. The molecule has 0 bridgehead atoms. The summed E-state index contributed by atoms with van der Waals surface area (Å²) in [6.07, 6.45) is 0.195. The van der Waals surface area contributed by atoms with Gasteiger partial charge < -0.3 is 9.72 Å². The number of carbonyl (C=O) groups is 1. The van der Waals surface area contributed by atoms with Crippen molar-refractivity contribution in [1.29, 1.82) is 0 Å². The van der Waals surface area contributed by atoms with Gasteiger partial charge in [-0.1, -0.05) is 38.1 Å². The number of nitrogens with one attached hydrogen (secondary N) is 1. The van der Waals surface area contributed by atoms with Crippen molar-refractivity contribution in [1.82, 2.24) is 4.98 Å². The maximum Gasteiger partial charge on any atom is 0.312 e. The molecule has 0 saturated heterocycles. The van der Waals surface area contributed by atoms with E-state index in [0.29, 0.717) is 22.9 Å². The van der Waals surface area contributed by atoms with Crippen LogP contribution >= 0.6 is 0 Å². The molecule has 22 heavy (non-hydrogen) atoms. The van der Waals surface area contributed by atoms with Crippen molar-refractivity contribution >= 4 is 5.97 Å². The highest BCUT2D eigenvalue weighted by molar-refractivity contribution is 5.77. The Hall–Kier alpha value is -2.36. The van der Waals surface area contributed by atoms with Crippen LogP contribution in [0.3, 0.4) is 0 Å². The van der Waals surface area contributed by atoms with Crippen LogP contribution in [0.5, 0.6) is 5.75 Å². The average Bonchev–Trinajstić information content (AvgIpc) is 2.45. The summed E-state index contributed by atoms with van der Waals surface area (Å²) in [5.41, 5.74) is 3.26. The third-order valence-corrected chi connectivity index (χ3v) is 4.12. The second-order valence-electron chi connectivity index (χ2n) is 6.11. The smallest absolute Gasteiger partial charge is 0.312 e. The highest BCUT2D eigenvalue weighted by Gasteiger charge is 2.31. The third-order valence-electron chi connectivity index (χ3n) is 4.12. The molecule has 1 aliphatic heterocycles. The van der Waals surface area contributed by atoms with Crippen LogP contribution in [-0.4, -0.2) is 11.0 Å². The summed E-state index contributed by atoms with van der Waals surface area (Å²) in [6, 6.07) is 9.83. The lowest BCUT2D eigenvalue weighted by Crippen LogP contribution is -2.28. The van der Waals surface area contributed by atoms with E-state index in [-0.39, 0.29) is 23.9 Å². The number of aryl methyl sites for hydroxylation is 1. The average molecular weight is 297 g/mol. The normalized spacial score (nSPS) is 17.3. The fraction of sp³-hybridized carbons (Fsp3) is 0.333. The maximum absolute atomic E-state index is 12.3. The number of fused-ring (bicyclic) bond motifs is 1. The highest BCUT2D eigenvalue weighted by atomic mass is 16.5. The van der Waals surface area contributed by atoms with E-state index in [4.69, 9.17) is 4.74 Å². The zero-order valence-corrected chi connectivity index (χ0v) is 13.0. The zero-order chi connectivity index (χ0) is 15.9. The van der Waals surface area contributed by atoms with Crippen molar-refractivity contribution in [2.45, 2.75) is 39.0 Å². The number of H-pyrrole nitrogens is 1. The van der Waals surface area contributed by atoms with E-state index in [9.17, 15) is 9.59 Å². The number of benzene rings is 1. The van der Waals surface area contributed by atoms with Gasteiger partial charge in [-0.3, -0.25) is 9.59 Å². The summed E-state index contributed by atoms with van der Waals surface area (Å²) in [5, 5.41) is 0. The Labute approximate surface area is 129 Å². The first kappa shape index (κ1) is 14.6. The molecule has 0 spiro atoms. The Balaban J connectivity index is 2.09. The Bertz CT molecular complexity index is 772. The van der Waals surface area contributed by atoms with Crippen LogP contribution in [0.2, 0.25) is 0 Å². The summed E-state index contributed by atoms with van der Waals surface area (Å²) in [6.45, 7) is 6.04. The molecule has 2 aromatic rings. The number of hydrogen-bond donors (Lipinski definition) is 1. The molecule has 2 heterocycles. The van der Waals surface area contributed by atoms with Gasteiger partial charge in [-0.05, 0) is 24.0 Å². The lowest BCUT2D eigenvalue weighted by molar-refractivity contribution is -0.135. The predicted octanol–water partition coefficient (Wildman–Crippen LogP) is 3.25. The molecule has 1 N–H and O–H groups in total. The number of aromatic nitrogens is 1. The molecule has 3 rings (SSSR count). The van der Waals surface area contributed by atoms with E-state index in [1.165, 1.54) is 5.56 Å². The van der Waals surface area contributed by atoms with E-state index in [1.807, 2.05) is 12.1 Å². The number of carbonyl (C=O) groups excluding carboxylic acids is 1. The zero-order valence-electron chi connectivity index (χ0n) is 13.0. The molecule has 1 atom stereocenters. The van der Waals surface area contributed by atoms with Gasteiger partial charge in [-0.15, -0.1) is 0 Å². The first-order chi connectivity index (χ1) is 10.5. The van der Waals surface area contributed by atoms with E-state index < -0.39 is 0 Å². The van der Waals surface area contributed by atoms with Crippen molar-refractivity contribution in [3.8, 4) is 5.75 Å². The number of ether oxygens (including phenoxy) is 1. The van der Waals surface area contributed by atoms with Gasteiger partial charge in [0.2, 0.25) is 0 Å². The highest BCUT2D eigenvalue weighted by Crippen LogP contribution is 2.36. The minimum Gasteiger partial charge on any atom is -0.426 e. The molecule has 114 valence electrons. The summed E-state index contributed by atoms with van der Waals surface area (Å²) >= 11 is 0. The maximum atomic E-state index is 12.3. The summed E-state index contributed by atoms with van der Waals surface area (Å²) in [5.74, 6) is 0.288. The number of esters is 1. The van der Waals surface area contributed by atoms with Crippen LogP contribution in [-0.2, 0) is 4.79 Å². The summed E-state index contributed by atoms with van der Waals surface area (Å²) in [7, 11) is 0. The molecule has 0 aliphatic carbocycles. The molecule has 0 unspecified atom stereocenters. The van der Waals surface area contributed by atoms with Crippen LogP contribution in [0.25, 0.3) is 0 Å². The lowest BCUT2D eigenvalue weighted by atomic mass is 9.86. The molecular formula is C18H19NO3. The lowest BCUT2D eigenvalue weighted by Gasteiger charge is -2.24. The minimum atomic E-state index is -0.296. The molecule has 1 aromatic heterocycles. The van der Waals surface area contributed by atoms with Gasteiger partial charge in [0.15, 0.2) is 0 Å². The molecular weight excluding hydrogens is 278 g/mol. The molecule has 0 saturated carbocycles. The van der Waals surface area contributed by atoms with Gasteiger partial charge in [0.25, 0.3) is 5.56 Å². The van der Waals surface area contributed by atoms with Crippen molar-refractivity contribution in [2.24, 2.45) is 0 Å². The van der Waals surface area contributed by atoms with Gasteiger partial charge >= 0.3 is 5.97 Å². The summed E-state index contributed by atoms with van der Waals surface area (Å²) < 4.78 is 5.25. The standard InChI is InChI=1S/C18H19NO3/c1-10(2)12-4-6-13(7-5-12)14-9-16(20)22-15-8-11(3)19-18(21)17(14)15/h4-8,10,14H,9H2,1-3H3,(H,19,21)/t14-/m0/s1. The van der Waals surface area contributed by atoms with Crippen molar-refractivity contribution in [3.63, 3.8) is 0 Å². The van der Waals surface area contributed by atoms with Crippen molar-refractivity contribution < 1.29 is 9.53 Å². The van der Waals surface area contributed by atoms with Gasteiger partial charge in [0, 0.05) is 17.7 Å². The van der Waals surface area contributed by atoms with Gasteiger partial charge in [-0.2, -0.15) is 0 Å². The van der Waals surface area contributed by atoms with Crippen molar-refractivity contribution in [3.05, 3.63) is 63.1 Å². The molecule has 4 nitrogen and oxygen atoms in total. The monoisotopic (exact) mass is 297 g/mol. The van der Waals surface area contributed by atoms with Gasteiger partial charge in [-0.25, -0.2) is 0 Å². The van der Waals surface area contributed by atoms with E-state index in [0.717, 1.165) is 5.56 Å². The number of pyridine rings is 1. The third kappa shape index (κ3) is 2.56. The van der Waals surface area contributed by atoms with Crippen LogP contribution < -0.4 is 10.3 Å². The quantitative estimate of drug-likeness (QED) is 0.866. The predicted molar refractivity (Wildman–Crippen MR) is 84.4 cm³/mol. The molecule has 1 aromatic carbocycles. The van der Waals surface area contributed by atoms with Crippen LogP contribution in [0.1, 0.15) is 54.5 Å². The molecule has 1 aliphatic rings. The van der Waals surface area contributed by atoms with Gasteiger partial charge in [0.05, 0.1) is 12.0 Å².